The number of nitrogens with zero attached hydrogens (tertiary/aromatic N) is 1. The fourth-order valence-corrected chi connectivity index (χ4v) is 2.85. The van der Waals surface area contributed by atoms with E-state index < -0.39 is 5.82 Å². The lowest BCUT2D eigenvalue weighted by Crippen LogP contribution is -2.15. The van der Waals surface area contributed by atoms with Gasteiger partial charge < -0.3 is 15.7 Å². The molecular formula is C14H12BrFN2O2S. The first-order valence-corrected chi connectivity index (χ1v) is 7.85. The van der Waals surface area contributed by atoms with E-state index in [4.69, 9.17) is 15.7 Å². The van der Waals surface area contributed by atoms with Crippen LogP contribution in [0.2, 0.25) is 0 Å². The summed E-state index contributed by atoms with van der Waals surface area (Å²) in [5.41, 5.74) is 6.17. The molecule has 0 heterocycles. The molecule has 0 aliphatic carbocycles. The maximum Gasteiger partial charge on any atom is 0.175 e. The first-order valence-electron chi connectivity index (χ1n) is 5.84. The van der Waals surface area contributed by atoms with Crippen molar-refractivity contribution < 1.29 is 14.3 Å². The van der Waals surface area contributed by atoms with Gasteiger partial charge in [0.15, 0.2) is 5.84 Å². The molecule has 2 rings (SSSR count). The van der Waals surface area contributed by atoms with Crippen molar-refractivity contribution >= 4 is 33.5 Å². The van der Waals surface area contributed by atoms with Gasteiger partial charge in [0.25, 0.3) is 0 Å². The first-order chi connectivity index (χ1) is 10.0. The van der Waals surface area contributed by atoms with E-state index in [1.54, 1.807) is 18.2 Å². The molecule has 0 aliphatic rings. The monoisotopic (exact) mass is 370 g/mol. The van der Waals surface area contributed by atoms with Crippen molar-refractivity contribution in [2.45, 2.75) is 4.90 Å². The minimum atomic E-state index is -0.425. The van der Waals surface area contributed by atoms with Gasteiger partial charge in [-0.2, -0.15) is 0 Å². The number of hydrogen-bond donors (Lipinski definition) is 2. The highest BCUT2D eigenvalue weighted by Gasteiger charge is 2.15. The quantitative estimate of drug-likeness (QED) is 0.278. The summed E-state index contributed by atoms with van der Waals surface area (Å²) in [7, 11) is 0. The van der Waals surface area contributed by atoms with E-state index in [2.05, 4.69) is 21.1 Å². The van der Waals surface area contributed by atoms with E-state index in [1.807, 2.05) is 12.3 Å². The zero-order valence-corrected chi connectivity index (χ0v) is 13.4. The Morgan fingerprint density at radius 1 is 1.38 bits per heavy atom. The third kappa shape index (κ3) is 3.68. The van der Waals surface area contributed by atoms with Crippen molar-refractivity contribution in [1.82, 2.24) is 0 Å². The van der Waals surface area contributed by atoms with Gasteiger partial charge in [0.2, 0.25) is 0 Å². The Hall–Kier alpha value is -1.73. The number of ether oxygens (including phenoxy) is 1. The Morgan fingerprint density at radius 2 is 2.14 bits per heavy atom. The van der Waals surface area contributed by atoms with E-state index in [0.717, 1.165) is 4.90 Å². The molecule has 0 amide bonds. The molecule has 0 saturated carbocycles. The van der Waals surface area contributed by atoms with Crippen LogP contribution in [0.4, 0.5) is 4.39 Å². The summed E-state index contributed by atoms with van der Waals surface area (Å²) in [4.78, 5) is 0.790. The molecule has 4 nitrogen and oxygen atoms in total. The Balaban J connectivity index is 2.48. The fourth-order valence-electron chi connectivity index (χ4n) is 1.78. The maximum atomic E-state index is 13.4. The summed E-state index contributed by atoms with van der Waals surface area (Å²) >= 11 is 4.64. The molecule has 0 atom stereocenters. The van der Waals surface area contributed by atoms with Crippen LogP contribution >= 0.6 is 27.7 Å². The maximum absolute atomic E-state index is 13.4. The molecule has 7 heteroatoms. The van der Waals surface area contributed by atoms with Crippen molar-refractivity contribution in [3.63, 3.8) is 0 Å². The standard InChI is InChI=1S/C14H12BrFN2O2S/c1-21-12-4-2-3-11(13(12)14(17)18-19)20-10-6-8(15)5-9(16)7-10/h2-7,19H,1H3,(H2,17,18). The van der Waals surface area contributed by atoms with Crippen LogP contribution in [0, 0.1) is 5.82 Å². The van der Waals surface area contributed by atoms with Crippen molar-refractivity contribution in [2.75, 3.05) is 6.26 Å². The van der Waals surface area contributed by atoms with Crippen molar-refractivity contribution in [3.8, 4) is 11.5 Å². The van der Waals surface area contributed by atoms with E-state index in [-0.39, 0.29) is 5.84 Å². The summed E-state index contributed by atoms with van der Waals surface area (Å²) in [6, 6.07) is 9.50. The number of hydrogen-bond acceptors (Lipinski definition) is 4. The third-order valence-corrected chi connectivity index (χ3v) is 3.87. The molecule has 0 bridgehead atoms. The van der Waals surface area contributed by atoms with Gasteiger partial charge in [-0.05, 0) is 30.5 Å². The van der Waals surface area contributed by atoms with Crippen LogP contribution in [-0.2, 0) is 0 Å². The van der Waals surface area contributed by atoms with Gasteiger partial charge in [-0.1, -0.05) is 27.2 Å². The van der Waals surface area contributed by atoms with Crippen LogP contribution in [0.25, 0.3) is 0 Å². The molecule has 0 saturated heterocycles. The summed E-state index contributed by atoms with van der Waals surface area (Å²) in [6.07, 6.45) is 1.87. The Bertz CT molecular complexity index is 674. The molecule has 2 aromatic rings. The van der Waals surface area contributed by atoms with E-state index in [0.29, 0.717) is 21.5 Å². The van der Waals surface area contributed by atoms with Gasteiger partial charge in [0.05, 0.1) is 5.56 Å². The largest absolute Gasteiger partial charge is 0.456 e. The normalized spacial score (nSPS) is 11.5. The lowest BCUT2D eigenvalue weighted by molar-refractivity contribution is 0.318. The van der Waals surface area contributed by atoms with E-state index >= 15 is 0 Å². The Morgan fingerprint density at radius 3 is 2.76 bits per heavy atom. The number of nitrogens with two attached hydrogens (primary N) is 1. The molecule has 0 fully saturated rings. The average Bonchev–Trinajstić information content (AvgIpc) is 2.45. The first kappa shape index (κ1) is 15.7. The molecule has 0 radical (unpaired) electrons. The van der Waals surface area contributed by atoms with Crippen LogP contribution in [0.15, 0.2) is 50.9 Å². The molecular weight excluding hydrogens is 359 g/mol. The Kier molecular flexibility index (Phi) is 5.08. The number of halogens is 2. The number of amidine groups is 1. The predicted octanol–water partition coefficient (Wildman–Crippen LogP) is 4.20. The third-order valence-electron chi connectivity index (χ3n) is 2.64. The molecule has 0 aliphatic heterocycles. The van der Waals surface area contributed by atoms with Crippen LogP contribution in [0.3, 0.4) is 0 Å². The minimum absolute atomic E-state index is 0.0644. The highest BCUT2D eigenvalue weighted by Crippen LogP contribution is 2.33. The van der Waals surface area contributed by atoms with Crippen LogP contribution in [0.5, 0.6) is 11.5 Å². The molecule has 21 heavy (non-hydrogen) atoms. The number of thioether (sulfide) groups is 1. The van der Waals surface area contributed by atoms with Crippen LogP contribution in [-0.4, -0.2) is 17.3 Å². The predicted molar refractivity (Wildman–Crippen MR) is 84.9 cm³/mol. The SMILES string of the molecule is CSc1cccc(Oc2cc(F)cc(Br)c2)c1/C(N)=N/O. The Labute approximate surface area is 133 Å². The second-order valence-corrected chi connectivity index (χ2v) is 5.79. The zero-order chi connectivity index (χ0) is 15.4. The van der Waals surface area contributed by atoms with Crippen molar-refractivity contribution in [3.05, 3.63) is 52.3 Å². The summed E-state index contributed by atoms with van der Waals surface area (Å²) < 4.78 is 19.6. The topological polar surface area (TPSA) is 67.8 Å². The molecule has 110 valence electrons. The lowest BCUT2D eigenvalue weighted by Gasteiger charge is -2.13. The zero-order valence-electron chi connectivity index (χ0n) is 11.0. The minimum Gasteiger partial charge on any atom is -0.456 e. The fraction of sp³-hybridized carbons (Fsp3) is 0.0714. The highest BCUT2D eigenvalue weighted by molar-refractivity contribution is 9.10. The highest BCUT2D eigenvalue weighted by atomic mass is 79.9. The van der Waals surface area contributed by atoms with Crippen molar-refractivity contribution in [1.29, 1.82) is 0 Å². The lowest BCUT2D eigenvalue weighted by atomic mass is 10.2. The molecule has 2 aromatic carbocycles. The smallest absolute Gasteiger partial charge is 0.175 e. The van der Waals surface area contributed by atoms with Gasteiger partial charge in [0.1, 0.15) is 17.3 Å². The summed E-state index contributed by atoms with van der Waals surface area (Å²) in [5.74, 6) is 0.206. The van der Waals surface area contributed by atoms with Crippen LogP contribution < -0.4 is 10.5 Å². The van der Waals surface area contributed by atoms with Gasteiger partial charge in [-0.3, -0.25) is 0 Å². The second kappa shape index (κ2) is 6.82. The van der Waals surface area contributed by atoms with Gasteiger partial charge in [0, 0.05) is 15.4 Å². The average molecular weight is 371 g/mol. The molecule has 0 aromatic heterocycles. The van der Waals surface area contributed by atoms with E-state index in [9.17, 15) is 4.39 Å². The van der Waals surface area contributed by atoms with Crippen LogP contribution in [0.1, 0.15) is 5.56 Å². The van der Waals surface area contributed by atoms with Crippen molar-refractivity contribution in [2.24, 2.45) is 10.9 Å². The number of oxime groups is 1. The van der Waals surface area contributed by atoms with E-state index in [1.165, 1.54) is 23.9 Å². The molecule has 0 spiro atoms. The van der Waals surface area contributed by atoms with Gasteiger partial charge in [-0.15, -0.1) is 11.8 Å². The summed E-state index contributed by atoms with van der Waals surface area (Å²) in [5, 5.41) is 11.9. The van der Waals surface area contributed by atoms with Gasteiger partial charge >= 0.3 is 0 Å². The number of benzene rings is 2. The second-order valence-electron chi connectivity index (χ2n) is 4.03. The molecule has 0 unspecified atom stereocenters. The summed E-state index contributed by atoms with van der Waals surface area (Å²) in [6.45, 7) is 0. The molecule has 3 N–H and O–H groups in total. The number of rotatable bonds is 4. The van der Waals surface area contributed by atoms with Gasteiger partial charge in [-0.25, -0.2) is 4.39 Å².